The summed E-state index contributed by atoms with van der Waals surface area (Å²) in [6.45, 7) is 3.60. The highest BCUT2D eigenvalue weighted by atomic mass is 16.4. The van der Waals surface area contributed by atoms with E-state index in [1.54, 1.807) is 26.0 Å². The molecule has 0 unspecified atom stereocenters. The van der Waals surface area contributed by atoms with Crippen LogP contribution in [0.5, 0.6) is 0 Å². The number of nitrogens with zero attached hydrogens (tertiary/aromatic N) is 3. The van der Waals surface area contributed by atoms with Crippen molar-refractivity contribution in [2.24, 2.45) is 0 Å². The summed E-state index contributed by atoms with van der Waals surface area (Å²) in [6.07, 6.45) is 1.41. The second kappa shape index (κ2) is 5.01. The number of pyridine rings is 1. The van der Waals surface area contributed by atoms with Gasteiger partial charge < -0.3 is 5.11 Å². The molecule has 0 aliphatic rings. The molecule has 0 amide bonds. The molecule has 0 radical (unpaired) electrons. The van der Waals surface area contributed by atoms with Gasteiger partial charge in [0, 0.05) is 23.5 Å². The normalized spacial score (nSPS) is 10.4. The molecule has 98 valence electrons. The largest absolute Gasteiger partial charge is 0.477 e. The average Bonchev–Trinajstić information content (AvgIpc) is 2.34. The van der Waals surface area contributed by atoms with Gasteiger partial charge in [0.1, 0.15) is 5.82 Å². The fourth-order valence-electron chi connectivity index (χ4n) is 1.89. The van der Waals surface area contributed by atoms with E-state index >= 15 is 0 Å². The van der Waals surface area contributed by atoms with Crippen molar-refractivity contribution in [3.05, 3.63) is 57.5 Å². The van der Waals surface area contributed by atoms with Crippen LogP contribution >= 0.6 is 0 Å². The molecular weight excluding hydrogens is 246 g/mol. The van der Waals surface area contributed by atoms with Crippen molar-refractivity contribution in [2.45, 2.75) is 20.4 Å². The molecule has 0 spiro atoms. The van der Waals surface area contributed by atoms with Gasteiger partial charge >= 0.3 is 5.97 Å². The summed E-state index contributed by atoms with van der Waals surface area (Å²) in [5.74, 6) is -0.563. The highest BCUT2D eigenvalue weighted by Gasteiger charge is 2.13. The molecule has 0 bridgehead atoms. The van der Waals surface area contributed by atoms with Gasteiger partial charge in [-0.05, 0) is 19.9 Å². The first-order valence-corrected chi connectivity index (χ1v) is 5.71. The summed E-state index contributed by atoms with van der Waals surface area (Å²) in [5.41, 5.74) is 0.869. The number of carbonyl (C=O) groups is 1. The van der Waals surface area contributed by atoms with Crippen LogP contribution in [0.25, 0.3) is 0 Å². The van der Waals surface area contributed by atoms with Gasteiger partial charge in [0.15, 0.2) is 5.69 Å². The molecule has 0 aliphatic heterocycles. The Morgan fingerprint density at radius 1 is 1.42 bits per heavy atom. The van der Waals surface area contributed by atoms with E-state index in [0.29, 0.717) is 17.1 Å². The third kappa shape index (κ3) is 2.67. The van der Waals surface area contributed by atoms with Crippen LogP contribution in [0.4, 0.5) is 0 Å². The molecule has 2 rings (SSSR count). The van der Waals surface area contributed by atoms with Crippen LogP contribution in [0.1, 0.15) is 27.6 Å². The van der Waals surface area contributed by atoms with E-state index in [2.05, 4.69) is 9.97 Å². The third-order valence-corrected chi connectivity index (χ3v) is 2.75. The van der Waals surface area contributed by atoms with E-state index in [-0.39, 0.29) is 17.8 Å². The Bertz CT molecular complexity index is 692. The number of hydrogen-bond donors (Lipinski definition) is 1. The number of hydrogen-bond acceptors (Lipinski definition) is 4. The molecule has 6 heteroatoms. The van der Waals surface area contributed by atoms with Crippen LogP contribution in [-0.2, 0) is 6.54 Å². The highest BCUT2D eigenvalue weighted by Crippen LogP contribution is 2.08. The van der Waals surface area contributed by atoms with E-state index in [1.165, 1.54) is 16.8 Å². The topological polar surface area (TPSA) is 85.1 Å². The zero-order valence-corrected chi connectivity index (χ0v) is 10.6. The monoisotopic (exact) mass is 259 g/mol. The number of carboxylic acid groups (broad SMARTS) is 1. The zero-order valence-electron chi connectivity index (χ0n) is 10.6. The zero-order chi connectivity index (χ0) is 14.0. The minimum Gasteiger partial charge on any atom is -0.477 e. The van der Waals surface area contributed by atoms with Crippen LogP contribution in [0, 0.1) is 13.8 Å². The van der Waals surface area contributed by atoms with E-state index < -0.39 is 5.97 Å². The smallest absolute Gasteiger partial charge is 0.354 e. The lowest BCUT2D eigenvalue weighted by Crippen LogP contribution is -2.25. The van der Waals surface area contributed by atoms with E-state index in [0.717, 1.165) is 0 Å². The fraction of sp³-hybridized carbons (Fsp3) is 0.231. The van der Waals surface area contributed by atoms with Crippen molar-refractivity contribution >= 4 is 5.97 Å². The molecule has 0 aliphatic carbocycles. The van der Waals surface area contributed by atoms with Crippen LogP contribution in [0.3, 0.4) is 0 Å². The van der Waals surface area contributed by atoms with Gasteiger partial charge in [0.05, 0.1) is 6.54 Å². The standard InChI is InChI=1S/C13H13N3O3/c1-8-6-11(17)16(9(2)15-8)7-10-4-3-5-14-12(10)13(18)19/h3-6H,7H2,1-2H3,(H,18,19). The van der Waals surface area contributed by atoms with E-state index in [4.69, 9.17) is 5.11 Å². The molecule has 2 aromatic rings. The maximum absolute atomic E-state index is 11.9. The van der Waals surface area contributed by atoms with Crippen molar-refractivity contribution in [1.29, 1.82) is 0 Å². The van der Waals surface area contributed by atoms with Gasteiger partial charge in [-0.3, -0.25) is 9.36 Å². The Morgan fingerprint density at radius 2 is 2.16 bits per heavy atom. The van der Waals surface area contributed by atoms with Gasteiger partial charge in [-0.15, -0.1) is 0 Å². The summed E-state index contributed by atoms with van der Waals surface area (Å²) < 4.78 is 1.43. The first kappa shape index (κ1) is 12.9. The molecule has 2 aromatic heterocycles. The highest BCUT2D eigenvalue weighted by molar-refractivity contribution is 5.86. The molecular formula is C13H13N3O3. The van der Waals surface area contributed by atoms with Crippen LogP contribution in [-0.4, -0.2) is 25.6 Å². The summed E-state index contributed by atoms with van der Waals surface area (Å²) in [5, 5.41) is 9.06. The first-order valence-electron chi connectivity index (χ1n) is 5.71. The predicted octanol–water partition coefficient (Wildman–Crippen LogP) is 1.00. The summed E-state index contributed by atoms with van der Waals surface area (Å²) in [6, 6.07) is 4.70. The SMILES string of the molecule is Cc1cc(=O)n(Cc2cccnc2C(=O)O)c(C)n1. The molecule has 2 heterocycles. The van der Waals surface area contributed by atoms with Gasteiger partial charge in [0.25, 0.3) is 5.56 Å². The van der Waals surface area contributed by atoms with Crippen molar-refractivity contribution in [2.75, 3.05) is 0 Å². The first-order chi connectivity index (χ1) is 8.99. The Morgan fingerprint density at radius 3 is 2.79 bits per heavy atom. The number of rotatable bonds is 3. The van der Waals surface area contributed by atoms with Crippen LogP contribution in [0.2, 0.25) is 0 Å². The molecule has 0 atom stereocenters. The van der Waals surface area contributed by atoms with Crippen molar-refractivity contribution in [1.82, 2.24) is 14.5 Å². The van der Waals surface area contributed by atoms with Crippen molar-refractivity contribution in [3.8, 4) is 0 Å². The third-order valence-electron chi connectivity index (χ3n) is 2.75. The molecule has 6 nitrogen and oxygen atoms in total. The average molecular weight is 259 g/mol. The Hall–Kier alpha value is -2.50. The van der Waals surface area contributed by atoms with Gasteiger partial charge in [-0.25, -0.2) is 14.8 Å². The maximum Gasteiger partial charge on any atom is 0.354 e. The van der Waals surface area contributed by atoms with Crippen molar-refractivity contribution in [3.63, 3.8) is 0 Å². The van der Waals surface area contributed by atoms with Crippen LogP contribution < -0.4 is 5.56 Å². The quantitative estimate of drug-likeness (QED) is 0.888. The minimum absolute atomic E-state index is 0.0469. The second-order valence-electron chi connectivity index (χ2n) is 4.19. The Kier molecular flexibility index (Phi) is 3.41. The van der Waals surface area contributed by atoms with Crippen LogP contribution in [0.15, 0.2) is 29.2 Å². The number of carboxylic acids is 1. The predicted molar refractivity (Wildman–Crippen MR) is 68.3 cm³/mol. The fourth-order valence-corrected chi connectivity index (χ4v) is 1.89. The number of aromatic carboxylic acids is 1. The van der Waals surface area contributed by atoms with E-state index in [1.807, 2.05) is 0 Å². The van der Waals surface area contributed by atoms with Gasteiger partial charge in [-0.2, -0.15) is 0 Å². The lowest BCUT2D eigenvalue weighted by Gasteiger charge is -2.10. The molecule has 19 heavy (non-hydrogen) atoms. The molecule has 0 aromatic carbocycles. The molecule has 1 N–H and O–H groups in total. The van der Waals surface area contributed by atoms with E-state index in [9.17, 15) is 9.59 Å². The Labute approximate surface area is 109 Å². The van der Waals surface area contributed by atoms with Crippen molar-refractivity contribution < 1.29 is 9.90 Å². The Balaban J connectivity index is 2.48. The molecule has 0 saturated heterocycles. The lowest BCUT2D eigenvalue weighted by molar-refractivity contribution is 0.0689. The summed E-state index contributed by atoms with van der Waals surface area (Å²) >= 11 is 0. The number of aryl methyl sites for hydroxylation is 2. The maximum atomic E-state index is 11.9. The van der Waals surface area contributed by atoms with Gasteiger partial charge in [0.2, 0.25) is 0 Å². The molecule has 0 fully saturated rings. The lowest BCUT2D eigenvalue weighted by atomic mass is 10.2. The van der Waals surface area contributed by atoms with Gasteiger partial charge in [-0.1, -0.05) is 6.07 Å². The minimum atomic E-state index is -1.11. The number of aromatic nitrogens is 3. The summed E-state index contributed by atoms with van der Waals surface area (Å²) in [4.78, 5) is 31.0. The summed E-state index contributed by atoms with van der Waals surface area (Å²) in [7, 11) is 0. The second-order valence-corrected chi connectivity index (χ2v) is 4.19. The molecule has 0 saturated carbocycles.